The molecule has 0 heterocycles. The van der Waals surface area contributed by atoms with E-state index in [0.717, 1.165) is 0 Å². The van der Waals surface area contributed by atoms with E-state index in [0.29, 0.717) is 37.8 Å². The fraction of sp³-hybridized carbons (Fsp3) is 0.638. The number of nitrogens with one attached hydrogen (secondary N) is 8. The number of benzene rings is 1. The van der Waals surface area contributed by atoms with Crippen molar-refractivity contribution >= 4 is 65.1 Å². The van der Waals surface area contributed by atoms with Crippen LogP contribution in [0.5, 0.6) is 0 Å². The lowest BCUT2D eigenvalue weighted by Gasteiger charge is -2.28. The van der Waals surface area contributed by atoms with Crippen molar-refractivity contribution in [1.29, 1.82) is 0 Å². The monoisotopic (exact) mass is 1030 g/mol. The molecule has 0 radical (unpaired) electrons. The molecule has 0 saturated carbocycles. The molecule has 20 N–H and O–H groups in total. The second-order valence-corrected chi connectivity index (χ2v) is 18.4. The smallest absolute Gasteiger partial charge is 0.326 e. The van der Waals surface area contributed by atoms with Gasteiger partial charge in [0.25, 0.3) is 0 Å². The lowest BCUT2D eigenvalue weighted by atomic mass is 9.98. The van der Waals surface area contributed by atoms with Crippen LogP contribution in [0.4, 0.5) is 0 Å². The van der Waals surface area contributed by atoms with Gasteiger partial charge >= 0.3 is 5.97 Å². The maximum Gasteiger partial charge on any atom is 0.326 e. The number of nitrogens with zero attached hydrogens (tertiary/aromatic N) is 1. The van der Waals surface area contributed by atoms with Gasteiger partial charge in [-0.1, -0.05) is 70.9 Å². The number of amides is 9. The molecule has 1 aromatic rings. The van der Waals surface area contributed by atoms with E-state index >= 15 is 0 Å². The minimum Gasteiger partial charge on any atom is -0.480 e. The molecule has 0 aliphatic heterocycles. The first-order chi connectivity index (χ1) is 34.3. The van der Waals surface area contributed by atoms with Gasteiger partial charge in [-0.3, -0.25) is 48.1 Å². The Labute approximate surface area is 426 Å². The summed E-state index contributed by atoms with van der Waals surface area (Å²) in [7, 11) is 0. The van der Waals surface area contributed by atoms with Crippen molar-refractivity contribution in [1.82, 2.24) is 42.5 Å². The van der Waals surface area contributed by atoms with Crippen molar-refractivity contribution in [2.75, 3.05) is 19.6 Å². The Morgan fingerprint density at radius 1 is 0.630 bits per heavy atom. The van der Waals surface area contributed by atoms with Crippen LogP contribution in [0.1, 0.15) is 105 Å². The Hall–Kier alpha value is -6.93. The average Bonchev–Trinajstić information content (AvgIpc) is 3.32. The summed E-state index contributed by atoms with van der Waals surface area (Å²) < 4.78 is 0. The second kappa shape index (κ2) is 33.7. The summed E-state index contributed by atoms with van der Waals surface area (Å²) in [4.78, 5) is 135. The zero-order chi connectivity index (χ0) is 55.4. The summed E-state index contributed by atoms with van der Waals surface area (Å²) in [5.41, 5.74) is 28.4. The third kappa shape index (κ3) is 25.3. The van der Waals surface area contributed by atoms with Gasteiger partial charge in [0.1, 0.15) is 42.3 Å². The number of nitrogens with two attached hydrogens (primary N) is 5. The van der Waals surface area contributed by atoms with Crippen LogP contribution in [0.15, 0.2) is 35.3 Å². The van der Waals surface area contributed by atoms with Crippen LogP contribution in [0.3, 0.4) is 0 Å². The van der Waals surface area contributed by atoms with Crippen molar-refractivity contribution in [3.8, 4) is 0 Å². The van der Waals surface area contributed by atoms with Crippen molar-refractivity contribution in [2.24, 2.45) is 45.5 Å². The highest BCUT2D eigenvalue weighted by Crippen LogP contribution is 2.11. The molecule has 0 fully saturated rings. The van der Waals surface area contributed by atoms with E-state index in [2.05, 4.69) is 47.5 Å². The molecule has 26 heteroatoms. The van der Waals surface area contributed by atoms with Crippen LogP contribution < -0.4 is 71.2 Å². The molecular formula is C47H80N14O12. The predicted molar refractivity (Wildman–Crippen MR) is 270 cm³/mol. The Morgan fingerprint density at radius 3 is 1.75 bits per heavy atom. The molecule has 0 aliphatic rings. The highest BCUT2D eigenvalue weighted by Gasteiger charge is 2.35. The van der Waals surface area contributed by atoms with Gasteiger partial charge < -0.3 is 81.4 Å². The Balaban J connectivity index is 3.21. The molecule has 0 spiro atoms. The second-order valence-electron chi connectivity index (χ2n) is 18.4. The number of aliphatic carboxylic acids is 1. The molecule has 73 heavy (non-hydrogen) atoms. The summed E-state index contributed by atoms with van der Waals surface area (Å²) in [6.07, 6.45) is -0.217. The number of rotatable bonds is 35. The zero-order valence-corrected chi connectivity index (χ0v) is 42.7. The Bertz CT molecular complexity index is 2020. The maximum absolute atomic E-state index is 13.8. The molecule has 1 aromatic carbocycles. The number of guanidine groups is 1. The van der Waals surface area contributed by atoms with Crippen molar-refractivity contribution < 1.29 is 58.2 Å². The number of aliphatic hydroxyl groups is 1. The number of aliphatic imine (C=N–C) groups is 1. The zero-order valence-electron chi connectivity index (χ0n) is 42.7. The third-order valence-corrected chi connectivity index (χ3v) is 11.5. The van der Waals surface area contributed by atoms with Gasteiger partial charge in [-0.05, 0) is 76.3 Å². The molecule has 9 amide bonds. The summed E-state index contributed by atoms with van der Waals surface area (Å²) >= 11 is 0. The number of unbranched alkanes of at least 4 members (excludes halogenated alkanes) is 1. The number of carboxylic acids is 1. The number of primary amides is 1. The minimum atomic E-state index is -1.75. The molecule has 410 valence electrons. The third-order valence-electron chi connectivity index (χ3n) is 11.5. The van der Waals surface area contributed by atoms with Gasteiger partial charge in [0.2, 0.25) is 53.2 Å². The summed E-state index contributed by atoms with van der Waals surface area (Å²) in [5.74, 6) is -9.88. The fourth-order valence-corrected chi connectivity index (χ4v) is 7.08. The molecule has 0 unspecified atom stereocenters. The Kier molecular flexibility index (Phi) is 29.6. The van der Waals surface area contributed by atoms with Crippen LogP contribution in [0, 0.1) is 11.8 Å². The first-order valence-electron chi connectivity index (χ1n) is 24.4. The molecule has 0 aliphatic carbocycles. The van der Waals surface area contributed by atoms with Gasteiger partial charge in [0.15, 0.2) is 5.96 Å². The van der Waals surface area contributed by atoms with E-state index < -0.39 is 132 Å². The average molecular weight is 1030 g/mol. The molecule has 26 nitrogen and oxygen atoms in total. The lowest BCUT2D eigenvalue weighted by Crippen LogP contribution is -2.61. The minimum absolute atomic E-state index is 0.0000658. The van der Waals surface area contributed by atoms with Crippen LogP contribution in [-0.4, -0.2) is 149 Å². The quantitative estimate of drug-likeness (QED) is 0.0176. The van der Waals surface area contributed by atoms with Crippen LogP contribution in [-0.2, 0) is 54.4 Å². The van der Waals surface area contributed by atoms with E-state index in [9.17, 15) is 58.2 Å². The number of carbonyl (C=O) groups excluding carboxylic acids is 9. The number of aliphatic hydroxyl groups excluding tert-OH is 1. The van der Waals surface area contributed by atoms with Crippen molar-refractivity contribution in [3.05, 3.63) is 35.9 Å². The first-order valence-corrected chi connectivity index (χ1v) is 24.4. The summed E-state index contributed by atoms with van der Waals surface area (Å²) in [6.45, 7) is 9.15. The number of carbonyl (C=O) groups is 10. The molecule has 0 aromatic heterocycles. The first kappa shape index (κ1) is 64.1. The van der Waals surface area contributed by atoms with Gasteiger partial charge in [-0.15, -0.1) is 0 Å². The van der Waals surface area contributed by atoms with Gasteiger partial charge in [-0.25, -0.2) is 4.79 Å². The van der Waals surface area contributed by atoms with Gasteiger partial charge in [0, 0.05) is 19.4 Å². The van der Waals surface area contributed by atoms with Crippen LogP contribution >= 0.6 is 0 Å². The fourth-order valence-electron chi connectivity index (χ4n) is 7.08. The number of hydrogen-bond donors (Lipinski definition) is 15. The lowest BCUT2D eigenvalue weighted by molar-refractivity contribution is -0.143. The normalized spacial score (nSPS) is 15.2. The standard InChI is InChI=1S/C47H80N14O12/c1-7-26(4)37(46(72)73)60-42(68)31(17-13-21-53-47(51)52)56-36(64)24-54-41(67)33(22-25(2)3)59-45(71)38(28(6)62)61-43(69)32(18-19-35(50)63)57-39(65)27(5)55-44(70)34(23-29-14-9-8-10-15-29)58-40(66)30(49)16-11-12-20-48/h8-10,14-15,25-28,30-34,37-38,62H,7,11-13,16-24,48-49H2,1-6H3,(H2,50,63)(H,54,67)(H,55,70)(H,56,64)(H,57,65)(H,58,66)(H,59,71)(H,60,68)(H,61,69)(H,72,73)(H4,51,52,53)/t26-,27-,28+,30-,31-,32-,33-,34-,37-,38-/m0/s1. The van der Waals surface area contributed by atoms with Gasteiger partial charge in [0.05, 0.1) is 18.7 Å². The summed E-state index contributed by atoms with van der Waals surface area (Å²) in [5, 5.41) is 40.2. The topological polar surface area (TPSA) is 450 Å². The Morgan fingerprint density at radius 2 is 1.21 bits per heavy atom. The van der Waals surface area contributed by atoms with E-state index in [1.165, 1.54) is 13.8 Å². The molecule has 1 rings (SSSR count). The largest absolute Gasteiger partial charge is 0.480 e. The summed E-state index contributed by atoms with van der Waals surface area (Å²) in [6, 6.07) is -1.89. The number of carboxylic acid groups (broad SMARTS) is 1. The molecular weight excluding hydrogens is 953 g/mol. The van der Waals surface area contributed by atoms with E-state index in [-0.39, 0.29) is 50.5 Å². The van der Waals surface area contributed by atoms with E-state index in [1.54, 1.807) is 58.0 Å². The van der Waals surface area contributed by atoms with Crippen LogP contribution in [0.25, 0.3) is 0 Å². The van der Waals surface area contributed by atoms with Crippen molar-refractivity contribution in [2.45, 2.75) is 160 Å². The van der Waals surface area contributed by atoms with Crippen LogP contribution in [0.2, 0.25) is 0 Å². The van der Waals surface area contributed by atoms with Crippen molar-refractivity contribution in [3.63, 3.8) is 0 Å². The molecule has 0 bridgehead atoms. The van der Waals surface area contributed by atoms with E-state index in [1.807, 2.05) is 0 Å². The SMILES string of the molecule is CC[C@H](C)[C@H](NC(=O)[C@H](CCCN=C(N)N)NC(=O)CNC(=O)[C@H](CC(C)C)NC(=O)[C@@H](NC(=O)[C@H](CCC(N)=O)NC(=O)[C@H](C)NC(=O)[C@H](Cc1ccccc1)NC(=O)[C@@H](N)CCCCN)[C@@H](C)O)C(=O)O. The molecule has 10 atom stereocenters. The highest BCUT2D eigenvalue weighted by molar-refractivity contribution is 5.98. The number of hydrogen-bond acceptors (Lipinski definition) is 14. The molecule has 0 saturated heterocycles. The highest BCUT2D eigenvalue weighted by atomic mass is 16.4. The maximum atomic E-state index is 13.8. The van der Waals surface area contributed by atoms with Gasteiger partial charge in [-0.2, -0.15) is 0 Å². The predicted octanol–water partition coefficient (Wildman–Crippen LogP) is -3.91. The van der Waals surface area contributed by atoms with E-state index in [4.69, 9.17) is 28.7 Å².